The second-order valence-corrected chi connectivity index (χ2v) is 10.4. The SMILES string of the molecule is CCCNC(=O)[C@@H](CC)N(Cc1ccccc1Cl)C(=O)CN(c1ccccc1)S(=O)(=O)N(C)C. The lowest BCUT2D eigenvalue weighted by Crippen LogP contribution is -2.53. The van der Waals surface area contributed by atoms with E-state index in [1.807, 2.05) is 13.8 Å². The standard InChI is InChI=1S/C24H33ClN4O4S/c1-5-16-26-24(31)22(6-2)28(17-19-12-10-11-15-21(19)25)23(30)18-29(34(32,33)27(3)4)20-13-8-7-9-14-20/h7-15,22H,5-6,16-18H2,1-4H3,(H,26,31)/t22-/m1/s1. The molecule has 0 aromatic heterocycles. The summed E-state index contributed by atoms with van der Waals surface area (Å²) in [6.07, 6.45) is 1.11. The van der Waals surface area contributed by atoms with E-state index < -0.39 is 28.7 Å². The number of anilines is 1. The Morgan fingerprint density at radius 2 is 1.62 bits per heavy atom. The van der Waals surface area contributed by atoms with Crippen LogP contribution in [0.3, 0.4) is 0 Å². The number of carbonyl (C=O) groups is 2. The molecule has 0 spiro atoms. The molecule has 2 rings (SSSR count). The van der Waals surface area contributed by atoms with Gasteiger partial charge in [0.2, 0.25) is 11.8 Å². The Morgan fingerprint density at radius 1 is 1.00 bits per heavy atom. The first-order valence-corrected chi connectivity index (χ1v) is 13.0. The van der Waals surface area contributed by atoms with Gasteiger partial charge in [-0.05, 0) is 36.6 Å². The van der Waals surface area contributed by atoms with Crippen molar-refractivity contribution in [2.24, 2.45) is 0 Å². The van der Waals surface area contributed by atoms with Crippen LogP contribution in [0.4, 0.5) is 5.69 Å². The highest BCUT2D eigenvalue weighted by Crippen LogP contribution is 2.23. The van der Waals surface area contributed by atoms with E-state index in [1.165, 1.54) is 19.0 Å². The molecule has 1 atom stereocenters. The smallest absolute Gasteiger partial charge is 0.304 e. The van der Waals surface area contributed by atoms with E-state index in [0.29, 0.717) is 29.2 Å². The zero-order valence-corrected chi connectivity index (χ0v) is 21.6. The molecule has 1 N–H and O–H groups in total. The minimum atomic E-state index is -3.98. The van der Waals surface area contributed by atoms with Gasteiger partial charge >= 0.3 is 10.2 Å². The minimum Gasteiger partial charge on any atom is -0.354 e. The molecule has 0 fully saturated rings. The quantitative estimate of drug-likeness (QED) is 0.476. The molecule has 0 aliphatic heterocycles. The van der Waals surface area contributed by atoms with Crippen LogP contribution in [0, 0.1) is 0 Å². The van der Waals surface area contributed by atoms with Gasteiger partial charge in [0.1, 0.15) is 12.6 Å². The van der Waals surface area contributed by atoms with E-state index >= 15 is 0 Å². The van der Waals surface area contributed by atoms with Gasteiger partial charge in [-0.1, -0.05) is 61.8 Å². The fraction of sp³-hybridized carbons (Fsp3) is 0.417. The first-order valence-electron chi connectivity index (χ1n) is 11.2. The first kappa shape index (κ1) is 27.6. The topological polar surface area (TPSA) is 90.0 Å². The van der Waals surface area contributed by atoms with Gasteiger partial charge in [0.15, 0.2) is 0 Å². The zero-order chi connectivity index (χ0) is 25.3. The summed E-state index contributed by atoms with van der Waals surface area (Å²) in [5.41, 5.74) is 1.02. The van der Waals surface area contributed by atoms with Crippen LogP contribution in [0.5, 0.6) is 0 Å². The summed E-state index contributed by atoms with van der Waals surface area (Å²) in [4.78, 5) is 28.0. The van der Waals surface area contributed by atoms with Crippen LogP contribution >= 0.6 is 11.6 Å². The lowest BCUT2D eigenvalue weighted by Gasteiger charge is -2.34. The van der Waals surface area contributed by atoms with E-state index in [1.54, 1.807) is 54.6 Å². The fourth-order valence-corrected chi connectivity index (χ4v) is 4.66. The molecule has 2 aromatic carbocycles. The second-order valence-electron chi connectivity index (χ2n) is 7.96. The van der Waals surface area contributed by atoms with Crippen LogP contribution in [0.25, 0.3) is 0 Å². The number of rotatable bonds is 12. The summed E-state index contributed by atoms with van der Waals surface area (Å²) in [5, 5.41) is 3.31. The van der Waals surface area contributed by atoms with Crippen LogP contribution in [0.1, 0.15) is 32.3 Å². The minimum absolute atomic E-state index is 0.0706. The molecule has 0 radical (unpaired) electrons. The van der Waals surface area contributed by atoms with Crippen molar-refractivity contribution in [3.8, 4) is 0 Å². The average molecular weight is 509 g/mol. The Bertz CT molecular complexity index is 1060. The molecular formula is C24H33ClN4O4S. The number of carbonyl (C=O) groups excluding carboxylic acids is 2. The number of para-hydroxylation sites is 1. The molecular weight excluding hydrogens is 476 g/mol. The normalized spacial score (nSPS) is 12.3. The van der Waals surface area contributed by atoms with Crippen molar-refractivity contribution >= 4 is 39.3 Å². The summed E-state index contributed by atoms with van der Waals surface area (Å²) < 4.78 is 28.3. The molecule has 0 heterocycles. The Hall–Kier alpha value is -2.62. The van der Waals surface area contributed by atoms with Crippen LogP contribution in [0.15, 0.2) is 54.6 Å². The van der Waals surface area contributed by atoms with Gasteiger partial charge in [0.05, 0.1) is 5.69 Å². The lowest BCUT2D eigenvalue weighted by atomic mass is 10.1. The van der Waals surface area contributed by atoms with Gasteiger partial charge in [-0.3, -0.25) is 9.59 Å². The summed E-state index contributed by atoms with van der Waals surface area (Å²) in [7, 11) is -1.16. The van der Waals surface area contributed by atoms with Crippen molar-refractivity contribution in [1.82, 2.24) is 14.5 Å². The zero-order valence-electron chi connectivity index (χ0n) is 20.1. The van der Waals surface area contributed by atoms with Crippen LogP contribution in [0.2, 0.25) is 5.02 Å². The molecule has 8 nitrogen and oxygen atoms in total. The number of nitrogens with zero attached hydrogens (tertiary/aromatic N) is 3. The van der Waals surface area contributed by atoms with Crippen molar-refractivity contribution in [3.05, 3.63) is 65.2 Å². The molecule has 10 heteroatoms. The van der Waals surface area contributed by atoms with E-state index in [0.717, 1.165) is 15.0 Å². The molecule has 0 saturated carbocycles. The van der Waals surface area contributed by atoms with Gasteiger partial charge in [-0.2, -0.15) is 12.7 Å². The molecule has 0 aliphatic rings. The molecule has 2 aromatic rings. The molecule has 186 valence electrons. The summed E-state index contributed by atoms with van der Waals surface area (Å²) in [5.74, 6) is -0.792. The number of amides is 2. The average Bonchev–Trinajstić information content (AvgIpc) is 2.82. The fourth-order valence-electron chi connectivity index (χ4n) is 3.41. The van der Waals surface area contributed by atoms with Crippen molar-refractivity contribution in [1.29, 1.82) is 0 Å². The number of hydrogen-bond donors (Lipinski definition) is 1. The third-order valence-electron chi connectivity index (χ3n) is 5.30. The van der Waals surface area contributed by atoms with Crippen molar-refractivity contribution in [2.75, 3.05) is 31.5 Å². The number of nitrogens with one attached hydrogen (secondary N) is 1. The lowest BCUT2D eigenvalue weighted by molar-refractivity contribution is -0.140. The maximum Gasteiger partial charge on any atom is 0.304 e. The second kappa shape index (κ2) is 12.7. The van der Waals surface area contributed by atoms with Crippen molar-refractivity contribution in [3.63, 3.8) is 0 Å². The van der Waals surface area contributed by atoms with Gasteiger partial charge < -0.3 is 10.2 Å². The Kier molecular flexibility index (Phi) is 10.3. The number of hydrogen-bond acceptors (Lipinski definition) is 4. The van der Waals surface area contributed by atoms with Crippen molar-refractivity contribution in [2.45, 2.75) is 39.3 Å². The largest absolute Gasteiger partial charge is 0.354 e. The van der Waals surface area contributed by atoms with Crippen LogP contribution < -0.4 is 9.62 Å². The third-order valence-corrected chi connectivity index (χ3v) is 7.49. The van der Waals surface area contributed by atoms with Gasteiger partial charge in [-0.15, -0.1) is 0 Å². The van der Waals surface area contributed by atoms with E-state index in [4.69, 9.17) is 11.6 Å². The van der Waals surface area contributed by atoms with E-state index in [2.05, 4.69) is 5.32 Å². The van der Waals surface area contributed by atoms with Gasteiger partial charge in [-0.25, -0.2) is 4.31 Å². The summed E-state index contributed by atoms with van der Waals surface area (Å²) in [6, 6.07) is 14.7. The highest BCUT2D eigenvalue weighted by atomic mass is 35.5. The molecule has 0 saturated heterocycles. The summed E-state index contributed by atoms with van der Waals surface area (Å²) >= 11 is 6.35. The van der Waals surface area contributed by atoms with E-state index in [-0.39, 0.29) is 12.5 Å². The molecule has 2 amide bonds. The highest BCUT2D eigenvalue weighted by Gasteiger charge is 2.33. The predicted octanol–water partition coefficient (Wildman–Crippen LogP) is 3.29. The van der Waals surface area contributed by atoms with Crippen LogP contribution in [-0.4, -0.2) is 62.7 Å². The van der Waals surface area contributed by atoms with Crippen LogP contribution in [-0.2, 0) is 26.3 Å². The Labute approximate surface area is 207 Å². The molecule has 0 aliphatic carbocycles. The number of halogens is 1. The first-order chi connectivity index (χ1) is 16.1. The maximum absolute atomic E-state index is 13.7. The maximum atomic E-state index is 13.7. The Morgan fingerprint density at radius 3 is 2.18 bits per heavy atom. The van der Waals surface area contributed by atoms with E-state index in [9.17, 15) is 18.0 Å². The van der Waals surface area contributed by atoms with Gasteiger partial charge in [0, 0.05) is 32.2 Å². The monoisotopic (exact) mass is 508 g/mol. The molecule has 0 bridgehead atoms. The Balaban J connectivity index is 2.47. The predicted molar refractivity (Wildman–Crippen MR) is 136 cm³/mol. The molecule has 34 heavy (non-hydrogen) atoms. The molecule has 0 unspecified atom stereocenters. The summed E-state index contributed by atoms with van der Waals surface area (Å²) in [6.45, 7) is 3.84. The third kappa shape index (κ3) is 6.94. The van der Waals surface area contributed by atoms with Crippen molar-refractivity contribution < 1.29 is 18.0 Å². The van der Waals surface area contributed by atoms with Gasteiger partial charge in [0.25, 0.3) is 0 Å². The highest BCUT2D eigenvalue weighted by molar-refractivity contribution is 7.90. The number of benzene rings is 2.